The normalized spacial score (nSPS) is 10.3. The second-order valence-corrected chi connectivity index (χ2v) is 5.07. The lowest BCUT2D eigenvalue weighted by Crippen LogP contribution is -2.27. The van der Waals surface area contributed by atoms with Crippen molar-refractivity contribution in [3.8, 4) is 11.5 Å². The topological polar surface area (TPSA) is 83.5 Å². The molecule has 0 saturated carbocycles. The van der Waals surface area contributed by atoms with Gasteiger partial charge in [-0.25, -0.2) is 0 Å². The number of aromatic hydroxyl groups is 1. The van der Waals surface area contributed by atoms with Gasteiger partial charge in [0.1, 0.15) is 0 Å². The minimum atomic E-state index is -0.0149. The number of nitrogens with zero attached hydrogens (tertiary/aromatic N) is 1. The third-order valence-corrected chi connectivity index (χ3v) is 3.31. The van der Waals surface area contributed by atoms with Crippen LogP contribution in [0.15, 0.2) is 42.7 Å². The molecular formula is C17H21N3O3. The fraction of sp³-hybridized carbons (Fsp3) is 0.294. The molecule has 0 aliphatic heterocycles. The number of phenolic OH excluding ortho intramolecular Hbond substituents is 1. The molecule has 2 rings (SSSR count). The van der Waals surface area contributed by atoms with E-state index in [0.717, 1.165) is 11.1 Å². The quantitative estimate of drug-likeness (QED) is 0.644. The van der Waals surface area contributed by atoms with E-state index in [-0.39, 0.29) is 11.7 Å². The van der Waals surface area contributed by atoms with Crippen molar-refractivity contribution in [1.82, 2.24) is 15.6 Å². The monoisotopic (exact) mass is 315 g/mol. The summed E-state index contributed by atoms with van der Waals surface area (Å²) >= 11 is 0. The van der Waals surface area contributed by atoms with E-state index >= 15 is 0 Å². The van der Waals surface area contributed by atoms with Crippen molar-refractivity contribution in [2.24, 2.45) is 0 Å². The first-order valence-electron chi connectivity index (χ1n) is 7.41. The Morgan fingerprint density at radius 2 is 2.13 bits per heavy atom. The zero-order chi connectivity index (χ0) is 16.5. The van der Waals surface area contributed by atoms with Gasteiger partial charge < -0.3 is 20.5 Å². The van der Waals surface area contributed by atoms with Crippen molar-refractivity contribution in [1.29, 1.82) is 0 Å². The summed E-state index contributed by atoms with van der Waals surface area (Å²) in [5.41, 5.74) is 1.90. The number of rotatable bonds is 8. The van der Waals surface area contributed by atoms with Gasteiger partial charge in [0.2, 0.25) is 5.91 Å². The third kappa shape index (κ3) is 5.60. The van der Waals surface area contributed by atoms with Crippen LogP contribution in [0, 0.1) is 0 Å². The molecule has 6 nitrogen and oxygen atoms in total. The highest BCUT2D eigenvalue weighted by molar-refractivity contribution is 5.76. The van der Waals surface area contributed by atoms with Crippen LogP contribution in [0.3, 0.4) is 0 Å². The Balaban J connectivity index is 1.65. The maximum absolute atomic E-state index is 11.7. The van der Waals surface area contributed by atoms with Gasteiger partial charge in [-0.05, 0) is 29.3 Å². The molecule has 23 heavy (non-hydrogen) atoms. The number of hydrogen-bond donors (Lipinski definition) is 3. The molecule has 2 aromatic rings. The molecule has 122 valence electrons. The van der Waals surface area contributed by atoms with Crippen LogP contribution in [0.5, 0.6) is 11.5 Å². The van der Waals surface area contributed by atoms with E-state index in [1.807, 2.05) is 18.2 Å². The SMILES string of the molecule is COc1ccc(CNCCC(=O)NCc2cccnc2)cc1O. The second-order valence-electron chi connectivity index (χ2n) is 5.07. The summed E-state index contributed by atoms with van der Waals surface area (Å²) in [5, 5.41) is 15.7. The number of amides is 1. The average Bonchev–Trinajstić information content (AvgIpc) is 2.58. The lowest BCUT2D eigenvalue weighted by Gasteiger charge is -2.08. The third-order valence-electron chi connectivity index (χ3n) is 3.31. The minimum Gasteiger partial charge on any atom is -0.504 e. The number of carbonyl (C=O) groups excluding carboxylic acids is 1. The van der Waals surface area contributed by atoms with E-state index in [1.165, 1.54) is 7.11 Å². The average molecular weight is 315 g/mol. The van der Waals surface area contributed by atoms with Crippen LogP contribution >= 0.6 is 0 Å². The first kappa shape index (κ1) is 16.8. The van der Waals surface area contributed by atoms with Crippen molar-refractivity contribution in [2.45, 2.75) is 19.5 Å². The summed E-state index contributed by atoms with van der Waals surface area (Å²) in [6, 6.07) is 8.99. The predicted molar refractivity (Wildman–Crippen MR) is 87.1 cm³/mol. The highest BCUT2D eigenvalue weighted by Gasteiger charge is 2.04. The van der Waals surface area contributed by atoms with E-state index in [1.54, 1.807) is 24.5 Å². The van der Waals surface area contributed by atoms with Crippen molar-refractivity contribution in [2.75, 3.05) is 13.7 Å². The second kappa shape index (κ2) is 8.75. The number of aromatic nitrogens is 1. The summed E-state index contributed by atoms with van der Waals surface area (Å²) in [6.07, 6.45) is 3.82. The number of ether oxygens (including phenoxy) is 1. The van der Waals surface area contributed by atoms with E-state index in [0.29, 0.717) is 31.8 Å². The summed E-state index contributed by atoms with van der Waals surface area (Å²) in [7, 11) is 1.51. The van der Waals surface area contributed by atoms with E-state index in [9.17, 15) is 9.90 Å². The van der Waals surface area contributed by atoms with Crippen molar-refractivity contribution < 1.29 is 14.6 Å². The summed E-state index contributed by atoms with van der Waals surface area (Å²) in [5.74, 6) is 0.545. The molecule has 0 atom stereocenters. The zero-order valence-corrected chi connectivity index (χ0v) is 13.1. The minimum absolute atomic E-state index is 0.0149. The van der Waals surface area contributed by atoms with Gasteiger partial charge in [-0.1, -0.05) is 12.1 Å². The Hall–Kier alpha value is -2.60. The van der Waals surface area contributed by atoms with Gasteiger partial charge in [0.25, 0.3) is 0 Å². The van der Waals surface area contributed by atoms with Gasteiger partial charge in [-0.15, -0.1) is 0 Å². The van der Waals surface area contributed by atoms with Gasteiger partial charge in [-0.2, -0.15) is 0 Å². The molecule has 0 bridgehead atoms. The highest BCUT2D eigenvalue weighted by atomic mass is 16.5. The maximum Gasteiger partial charge on any atom is 0.221 e. The molecule has 0 aliphatic carbocycles. The molecule has 6 heteroatoms. The molecule has 0 aliphatic rings. The Labute approximate surface area is 135 Å². The molecule has 0 fully saturated rings. The number of hydrogen-bond acceptors (Lipinski definition) is 5. The van der Waals surface area contributed by atoms with Gasteiger partial charge in [0, 0.05) is 38.4 Å². The highest BCUT2D eigenvalue weighted by Crippen LogP contribution is 2.25. The van der Waals surface area contributed by atoms with E-state index in [2.05, 4.69) is 15.6 Å². The molecule has 1 aromatic heterocycles. The summed E-state index contributed by atoms with van der Waals surface area (Å²) < 4.78 is 4.99. The lowest BCUT2D eigenvalue weighted by molar-refractivity contribution is -0.121. The van der Waals surface area contributed by atoms with Gasteiger partial charge in [0.05, 0.1) is 7.11 Å². The zero-order valence-electron chi connectivity index (χ0n) is 13.1. The molecule has 0 unspecified atom stereocenters. The molecular weight excluding hydrogens is 294 g/mol. The Bertz CT molecular complexity index is 632. The number of pyridine rings is 1. The molecule has 0 saturated heterocycles. The summed E-state index contributed by atoms with van der Waals surface area (Å²) in [6.45, 7) is 1.62. The molecule has 3 N–H and O–H groups in total. The summed E-state index contributed by atoms with van der Waals surface area (Å²) in [4.78, 5) is 15.7. The lowest BCUT2D eigenvalue weighted by atomic mass is 10.2. The first-order valence-corrected chi connectivity index (χ1v) is 7.41. The Kier molecular flexibility index (Phi) is 6.38. The van der Waals surface area contributed by atoms with Crippen LogP contribution < -0.4 is 15.4 Å². The Morgan fingerprint density at radius 1 is 1.26 bits per heavy atom. The number of nitrogens with one attached hydrogen (secondary N) is 2. The van der Waals surface area contributed by atoms with Crippen LogP contribution in [-0.2, 0) is 17.9 Å². The van der Waals surface area contributed by atoms with Gasteiger partial charge in [-0.3, -0.25) is 9.78 Å². The fourth-order valence-corrected chi connectivity index (χ4v) is 2.07. The Morgan fingerprint density at radius 3 is 2.83 bits per heavy atom. The fourth-order valence-electron chi connectivity index (χ4n) is 2.07. The number of methoxy groups -OCH3 is 1. The molecule has 0 radical (unpaired) electrons. The smallest absolute Gasteiger partial charge is 0.221 e. The number of phenols is 1. The van der Waals surface area contributed by atoms with Gasteiger partial charge in [0.15, 0.2) is 11.5 Å². The predicted octanol–water partition coefficient (Wildman–Crippen LogP) is 1.59. The molecule has 1 amide bonds. The van der Waals surface area contributed by atoms with Crippen LogP contribution in [0.1, 0.15) is 17.5 Å². The van der Waals surface area contributed by atoms with E-state index < -0.39 is 0 Å². The molecule has 0 spiro atoms. The number of carbonyl (C=O) groups is 1. The van der Waals surface area contributed by atoms with Crippen LogP contribution in [-0.4, -0.2) is 29.7 Å². The number of benzene rings is 1. The van der Waals surface area contributed by atoms with Crippen LogP contribution in [0.25, 0.3) is 0 Å². The first-order chi connectivity index (χ1) is 11.2. The standard InChI is InChI=1S/C17H21N3O3/c1-23-16-5-4-13(9-15(16)21)10-19-8-6-17(22)20-12-14-3-2-7-18-11-14/h2-5,7,9,11,19,21H,6,8,10,12H2,1H3,(H,20,22). The molecule has 1 heterocycles. The van der Waals surface area contributed by atoms with Crippen molar-refractivity contribution in [3.05, 3.63) is 53.9 Å². The van der Waals surface area contributed by atoms with Crippen molar-refractivity contribution >= 4 is 5.91 Å². The van der Waals surface area contributed by atoms with Crippen LogP contribution in [0.4, 0.5) is 0 Å². The maximum atomic E-state index is 11.7. The van der Waals surface area contributed by atoms with E-state index in [4.69, 9.17) is 4.74 Å². The van der Waals surface area contributed by atoms with Crippen LogP contribution in [0.2, 0.25) is 0 Å². The van der Waals surface area contributed by atoms with Gasteiger partial charge >= 0.3 is 0 Å². The van der Waals surface area contributed by atoms with Crippen molar-refractivity contribution in [3.63, 3.8) is 0 Å². The molecule has 1 aromatic carbocycles. The largest absolute Gasteiger partial charge is 0.504 e.